The highest BCUT2D eigenvalue weighted by molar-refractivity contribution is 7.74. The van der Waals surface area contributed by atoms with Crippen molar-refractivity contribution in [3.05, 3.63) is 124 Å². The van der Waals surface area contributed by atoms with Gasteiger partial charge in [0.25, 0.3) is 5.91 Å². The van der Waals surface area contributed by atoms with Crippen LogP contribution < -0.4 is 10.6 Å². The van der Waals surface area contributed by atoms with Gasteiger partial charge in [-0.1, -0.05) is 80.0 Å². The number of halogens is 1. The summed E-state index contributed by atoms with van der Waals surface area (Å²) in [5.41, 5.74) is 6.38. The van der Waals surface area contributed by atoms with E-state index in [-0.39, 0.29) is 25.0 Å². The van der Waals surface area contributed by atoms with Crippen LogP contribution in [-0.2, 0) is 25.8 Å². The fraction of sp³-hybridized carbons (Fsp3) is 0.333. The van der Waals surface area contributed by atoms with E-state index < -0.39 is 16.8 Å². The van der Waals surface area contributed by atoms with Gasteiger partial charge >= 0.3 is 11.4 Å². The number of anilines is 1. The summed E-state index contributed by atoms with van der Waals surface area (Å²) >= 11 is 3.78. The number of hydrogen-bond donors (Lipinski definition) is 3. The number of carbonyl (C=O) groups is 2. The zero-order valence-electron chi connectivity index (χ0n) is 27.8. The number of amides is 2. The molecule has 2 atom stereocenters. The summed E-state index contributed by atoms with van der Waals surface area (Å²) in [4.78, 5) is 27.2. The van der Waals surface area contributed by atoms with E-state index in [1.165, 1.54) is 18.4 Å². The van der Waals surface area contributed by atoms with Crippen LogP contribution in [0.4, 0.5) is 5.69 Å². The van der Waals surface area contributed by atoms with Gasteiger partial charge in [-0.2, -0.15) is 4.21 Å². The van der Waals surface area contributed by atoms with Crippen molar-refractivity contribution in [1.82, 2.24) is 5.32 Å². The number of nitrogens with one attached hydrogen (secondary N) is 2. The molecule has 9 heteroatoms. The molecular formula is C39H43ClN2O5S. The first-order valence-electron chi connectivity index (χ1n) is 16.3. The van der Waals surface area contributed by atoms with Crippen molar-refractivity contribution in [2.45, 2.75) is 64.7 Å². The van der Waals surface area contributed by atoms with Gasteiger partial charge in [0, 0.05) is 22.8 Å². The van der Waals surface area contributed by atoms with Gasteiger partial charge in [-0.05, 0) is 121 Å². The molecule has 7 nitrogen and oxygen atoms in total. The van der Waals surface area contributed by atoms with Crippen LogP contribution in [0.15, 0.2) is 91.0 Å². The van der Waals surface area contributed by atoms with Gasteiger partial charge in [0.2, 0.25) is 5.91 Å². The molecule has 0 saturated heterocycles. The summed E-state index contributed by atoms with van der Waals surface area (Å²) in [7, 11) is 0. The molecule has 1 aliphatic carbocycles. The summed E-state index contributed by atoms with van der Waals surface area (Å²) < 4.78 is 24.1. The Labute approximate surface area is 290 Å². The highest BCUT2D eigenvalue weighted by Gasteiger charge is 2.38. The third kappa shape index (κ3) is 8.42. The van der Waals surface area contributed by atoms with Gasteiger partial charge in [0.15, 0.2) is 0 Å². The van der Waals surface area contributed by atoms with Gasteiger partial charge in [0.05, 0.1) is 12.0 Å². The predicted octanol–water partition coefficient (Wildman–Crippen LogP) is 8.83. The standard InChI is InChI=1S/C39H43ClN2O5S/c1-26-24-33(40)14-17-35(26)28-10-15-34(16-11-28)42-37(44)39(4,31-12-8-29(9-13-31)36(43)41-22-23-47-48(45)46)32-7-5-6-30(25-32)27-18-20-38(2,3)21-19-27/h5-17,24-25,27H,18-23H2,1-4H3,(H,41,43)(H,42,44)(H,45,46). The summed E-state index contributed by atoms with van der Waals surface area (Å²) in [5, 5.41) is 6.54. The highest BCUT2D eigenvalue weighted by atomic mass is 35.5. The molecule has 0 spiro atoms. The molecule has 0 heterocycles. The fourth-order valence-electron chi connectivity index (χ4n) is 6.54. The van der Waals surface area contributed by atoms with E-state index in [0.29, 0.717) is 27.6 Å². The first kappa shape index (κ1) is 35.5. The molecule has 3 N–H and O–H groups in total. The fourth-order valence-corrected chi connectivity index (χ4v) is 6.99. The highest BCUT2D eigenvalue weighted by Crippen LogP contribution is 2.44. The number of carbonyl (C=O) groups excluding carboxylic acids is 2. The smallest absolute Gasteiger partial charge is 0.301 e. The number of aryl methyl sites for hydroxylation is 1. The molecule has 0 aromatic heterocycles. The van der Waals surface area contributed by atoms with Crippen LogP contribution in [0.25, 0.3) is 11.1 Å². The van der Waals surface area contributed by atoms with Crippen LogP contribution in [0.2, 0.25) is 5.02 Å². The minimum Gasteiger partial charge on any atom is -0.350 e. The van der Waals surface area contributed by atoms with Crippen LogP contribution in [0, 0.1) is 12.3 Å². The van der Waals surface area contributed by atoms with E-state index in [2.05, 4.69) is 40.8 Å². The summed E-state index contributed by atoms with van der Waals surface area (Å²) in [6, 6.07) is 29.0. The lowest BCUT2D eigenvalue weighted by Crippen LogP contribution is -2.39. The Kier molecular flexibility index (Phi) is 11.2. The first-order valence-corrected chi connectivity index (χ1v) is 17.7. The average Bonchev–Trinajstić information content (AvgIpc) is 3.06. The van der Waals surface area contributed by atoms with Crippen LogP contribution in [0.3, 0.4) is 0 Å². The zero-order valence-corrected chi connectivity index (χ0v) is 29.4. The zero-order chi connectivity index (χ0) is 34.5. The van der Waals surface area contributed by atoms with Crippen LogP contribution in [0.1, 0.15) is 85.0 Å². The lowest BCUT2D eigenvalue weighted by Gasteiger charge is -2.35. The van der Waals surface area contributed by atoms with Crippen molar-refractivity contribution in [1.29, 1.82) is 0 Å². The molecule has 252 valence electrons. The molecule has 2 unspecified atom stereocenters. The third-order valence-electron chi connectivity index (χ3n) is 9.67. The maximum atomic E-state index is 14.4. The Bertz CT molecular complexity index is 1780. The second-order valence-electron chi connectivity index (χ2n) is 13.6. The van der Waals surface area contributed by atoms with E-state index >= 15 is 0 Å². The Morgan fingerprint density at radius 3 is 2.29 bits per heavy atom. The van der Waals surface area contributed by atoms with Crippen molar-refractivity contribution in [2.24, 2.45) is 5.41 Å². The van der Waals surface area contributed by atoms with E-state index in [0.717, 1.165) is 40.7 Å². The molecule has 0 radical (unpaired) electrons. The van der Waals surface area contributed by atoms with E-state index in [9.17, 15) is 13.8 Å². The lowest BCUT2D eigenvalue weighted by atomic mass is 9.70. The Hall–Kier alpha value is -3.82. The van der Waals surface area contributed by atoms with Crippen molar-refractivity contribution in [3.8, 4) is 11.1 Å². The monoisotopic (exact) mass is 686 g/mol. The normalized spacial score (nSPS) is 16.5. The molecular weight excluding hydrogens is 644 g/mol. The second kappa shape index (κ2) is 15.2. The molecule has 2 amide bonds. The molecule has 1 fully saturated rings. The van der Waals surface area contributed by atoms with Crippen LogP contribution >= 0.6 is 11.6 Å². The molecule has 0 bridgehead atoms. The Morgan fingerprint density at radius 2 is 1.65 bits per heavy atom. The first-order chi connectivity index (χ1) is 22.9. The largest absolute Gasteiger partial charge is 0.350 e. The minimum atomic E-state index is -2.39. The van der Waals surface area contributed by atoms with E-state index in [1.54, 1.807) is 12.1 Å². The van der Waals surface area contributed by atoms with Gasteiger partial charge in [-0.15, -0.1) is 0 Å². The molecule has 0 aliphatic heterocycles. The number of rotatable bonds is 11. The minimum absolute atomic E-state index is 0.0779. The maximum absolute atomic E-state index is 14.4. The van der Waals surface area contributed by atoms with Crippen LogP contribution in [0.5, 0.6) is 0 Å². The Balaban J connectivity index is 1.43. The summed E-state index contributed by atoms with van der Waals surface area (Å²) in [6.07, 6.45) is 4.56. The van der Waals surface area contributed by atoms with Crippen molar-refractivity contribution >= 4 is 40.5 Å². The second-order valence-corrected chi connectivity index (χ2v) is 14.7. The average molecular weight is 687 g/mol. The SMILES string of the molecule is Cc1cc(Cl)ccc1-c1ccc(NC(=O)C(C)(c2ccc(C(=O)NCCOS(=O)O)cc2)c2cccc(C3CCC(C)(C)CC3)c2)cc1. The molecule has 48 heavy (non-hydrogen) atoms. The molecule has 5 rings (SSSR count). The lowest BCUT2D eigenvalue weighted by molar-refractivity contribution is -0.119. The molecule has 1 saturated carbocycles. The number of benzene rings is 4. The van der Waals surface area contributed by atoms with Gasteiger partial charge < -0.3 is 10.6 Å². The van der Waals surface area contributed by atoms with Crippen molar-refractivity contribution in [2.75, 3.05) is 18.5 Å². The molecule has 1 aliphatic rings. The summed E-state index contributed by atoms with van der Waals surface area (Å²) in [5.74, 6) is -0.100. The topological polar surface area (TPSA) is 105 Å². The van der Waals surface area contributed by atoms with E-state index in [1.807, 2.05) is 80.6 Å². The predicted molar refractivity (Wildman–Crippen MR) is 194 cm³/mol. The van der Waals surface area contributed by atoms with Gasteiger partial charge in [0.1, 0.15) is 0 Å². The maximum Gasteiger partial charge on any atom is 0.301 e. The quantitative estimate of drug-likeness (QED) is 0.108. The van der Waals surface area contributed by atoms with Gasteiger partial charge in [-0.3, -0.25) is 18.3 Å². The number of hydrogen-bond acceptors (Lipinski definition) is 4. The molecule has 4 aromatic carbocycles. The van der Waals surface area contributed by atoms with Crippen molar-refractivity contribution < 1.29 is 22.5 Å². The van der Waals surface area contributed by atoms with Gasteiger partial charge in [-0.25, -0.2) is 0 Å². The third-order valence-corrected chi connectivity index (χ3v) is 10.3. The Morgan fingerprint density at radius 1 is 0.958 bits per heavy atom. The summed E-state index contributed by atoms with van der Waals surface area (Å²) in [6.45, 7) is 8.60. The van der Waals surface area contributed by atoms with Crippen molar-refractivity contribution in [3.63, 3.8) is 0 Å². The van der Waals surface area contributed by atoms with E-state index in [4.69, 9.17) is 16.2 Å². The molecule has 4 aromatic rings. The van der Waals surface area contributed by atoms with Crippen LogP contribution in [-0.4, -0.2) is 33.7 Å².